The number of aliphatic imine (C=N–C) groups is 1. The molecule has 1 aliphatic heterocycles. The van der Waals surface area contributed by atoms with E-state index in [4.69, 9.17) is 4.74 Å². The van der Waals surface area contributed by atoms with E-state index in [1.807, 2.05) is 18.2 Å². The van der Waals surface area contributed by atoms with Gasteiger partial charge in [0.1, 0.15) is 0 Å². The second-order valence-corrected chi connectivity index (χ2v) is 4.40. The molecule has 0 aliphatic carbocycles. The first-order valence-corrected chi connectivity index (χ1v) is 6.14. The molecule has 0 spiro atoms. The van der Waals surface area contributed by atoms with Gasteiger partial charge in [0.2, 0.25) is 0 Å². The van der Waals surface area contributed by atoms with E-state index >= 15 is 0 Å². The van der Waals surface area contributed by atoms with Gasteiger partial charge >= 0.3 is 0 Å². The molecule has 1 aliphatic rings. The summed E-state index contributed by atoms with van der Waals surface area (Å²) in [6, 6.07) is 7.46. The molecule has 1 aromatic carbocycles. The van der Waals surface area contributed by atoms with Gasteiger partial charge in [0, 0.05) is 30.1 Å². The fourth-order valence-electron chi connectivity index (χ4n) is 2.32. The largest absolute Gasteiger partial charge is 0.504 e. The fourth-order valence-corrected chi connectivity index (χ4v) is 2.32. The molecule has 0 radical (unpaired) electrons. The number of phenols is 1. The van der Waals surface area contributed by atoms with E-state index in [2.05, 4.69) is 9.98 Å². The molecule has 4 heteroatoms. The predicted molar refractivity (Wildman–Crippen MR) is 73.1 cm³/mol. The van der Waals surface area contributed by atoms with Crippen molar-refractivity contribution in [3.63, 3.8) is 0 Å². The van der Waals surface area contributed by atoms with Crippen LogP contribution in [0.3, 0.4) is 0 Å². The van der Waals surface area contributed by atoms with Crippen molar-refractivity contribution in [2.75, 3.05) is 13.7 Å². The van der Waals surface area contributed by atoms with E-state index in [1.165, 1.54) is 0 Å². The summed E-state index contributed by atoms with van der Waals surface area (Å²) in [5.74, 6) is 0.644. The van der Waals surface area contributed by atoms with Gasteiger partial charge in [-0.25, -0.2) is 0 Å². The molecule has 0 atom stereocenters. The van der Waals surface area contributed by atoms with E-state index in [0.717, 1.165) is 35.4 Å². The van der Waals surface area contributed by atoms with Gasteiger partial charge in [0.05, 0.1) is 12.8 Å². The number of phenolic OH excluding ortho intramolecular Hbond substituents is 1. The number of ether oxygens (including phenoxy) is 1. The highest BCUT2D eigenvalue weighted by atomic mass is 16.5. The second kappa shape index (κ2) is 4.72. The first kappa shape index (κ1) is 11.7. The summed E-state index contributed by atoms with van der Waals surface area (Å²) < 4.78 is 5.15. The molecule has 1 N–H and O–H groups in total. The summed E-state index contributed by atoms with van der Waals surface area (Å²) in [7, 11) is 1.56. The Kier molecular flexibility index (Phi) is 2.91. The molecule has 96 valence electrons. The SMILES string of the molecule is COc1cc2c(cc1O)C(c1cccnc1)=NCC2. The average molecular weight is 254 g/mol. The highest BCUT2D eigenvalue weighted by Gasteiger charge is 2.18. The Morgan fingerprint density at radius 1 is 1.32 bits per heavy atom. The molecule has 0 amide bonds. The minimum absolute atomic E-state index is 0.139. The van der Waals surface area contributed by atoms with Crippen LogP contribution in [0, 0.1) is 0 Å². The van der Waals surface area contributed by atoms with E-state index in [0.29, 0.717) is 5.75 Å². The maximum atomic E-state index is 9.94. The highest BCUT2D eigenvalue weighted by Crippen LogP contribution is 2.32. The summed E-state index contributed by atoms with van der Waals surface area (Å²) >= 11 is 0. The summed E-state index contributed by atoms with van der Waals surface area (Å²) in [4.78, 5) is 8.68. The lowest BCUT2D eigenvalue weighted by molar-refractivity contribution is 0.373. The van der Waals surface area contributed by atoms with Crippen LogP contribution in [0.15, 0.2) is 41.7 Å². The molecule has 0 unspecified atom stereocenters. The molecule has 0 bridgehead atoms. The number of hydrogen-bond donors (Lipinski definition) is 1. The lowest BCUT2D eigenvalue weighted by Crippen LogP contribution is -2.14. The van der Waals surface area contributed by atoms with Crippen LogP contribution in [-0.2, 0) is 6.42 Å². The van der Waals surface area contributed by atoms with E-state index in [9.17, 15) is 5.11 Å². The van der Waals surface area contributed by atoms with Gasteiger partial charge in [-0.05, 0) is 36.2 Å². The average Bonchev–Trinajstić information content (AvgIpc) is 2.47. The first-order valence-electron chi connectivity index (χ1n) is 6.14. The number of rotatable bonds is 2. The number of nitrogens with zero attached hydrogens (tertiary/aromatic N) is 2. The number of aromatic hydroxyl groups is 1. The number of hydrogen-bond acceptors (Lipinski definition) is 4. The van der Waals surface area contributed by atoms with Crippen LogP contribution in [0.25, 0.3) is 0 Å². The number of fused-ring (bicyclic) bond motifs is 1. The molecule has 0 saturated heterocycles. The number of methoxy groups -OCH3 is 1. The van der Waals surface area contributed by atoms with Gasteiger partial charge in [-0.3, -0.25) is 9.98 Å². The van der Waals surface area contributed by atoms with Crippen molar-refractivity contribution in [3.8, 4) is 11.5 Å². The second-order valence-electron chi connectivity index (χ2n) is 4.40. The third kappa shape index (κ3) is 2.05. The van der Waals surface area contributed by atoms with E-state index < -0.39 is 0 Å². The monoisotopic (exact) mass is 254 g/mol. The van der Waals surface area contributed by atoms with Crippen LogP contribution < -0.4 is 4.74 Å². The lowest BCUT2D eigenvalue weighted by atomic mass is 9.93. The summed E-state index contributed by atoms with van der Waals surface area (Å²) in [5.41, 5.74) is 3.95. The van der Waals surface area contributed by atoms with Crippen LogP contribution >= 0.6 is 0 Å². The Bertz CT molecular complexity index is 636. The van der Waals surface area contributed by atoms with Gasteiger partial charge < -0.3 is 9.84 Å². The van der Waals surface area contributed by atoms with Gasteiger partial charge in [-0.2, -0.15) is 0 Å². The zero-order chi connectivity index (χ0) is 13.2. The van der Waals surface area contributed by atoms with Crippen molar-refractivity contribution in [3.05, 3.63) is 53.3 Å². The molecular formula is C15H14N2O2. The van der Waals surface area contributed by atoms with Crippen LogP contribution in [0.5, 0.6) is 11.5 Å². The number of benzene rings is 1. The molecule has 0 fully saturated rings. The third-order valence-corrected chi connectivity index (χ3v) is 3.25. The third-order valence-electron chi connectivity index (χ3n) is 3.25. The summed E-state index contributed by atoms with van der Waals surface area (Å²) in [6.45, 7) is 0.741. The first-order chi connectivity index (χ1) is 9.29. The fraction of sp³-hybridized carbons (Fsp3) is 0.200. The Labute approximate surface area is 111 Å². The molecule has 4 nitrogen and oxygen atoms in total. The van der Waals surface area contributed by atoms with Crippen LogP contribution in [-0.4, -0.2) is 29.5 Å². The number of pyridine rings is 1. The Balaban J connectivity index is 2.13. The predicted octanol–water partition coefficient (Wildman–Crippen LogP) is 2.19. The zero-order valence-electron chi connectivity index (χ0n) is 10.6. The molecule has 2 aromatic rings. The van der Waals surface area contributed by atoms with Gasteiger partial charge in [0.25, 0.3) is 0 Å². The highest BCUT2D eigenvalue weighted by molar-refractivity contribution is 6.14. The zero-order valence-corrected chi connectivity index (χ0v) is 10.6. The Morgan fingerprint density at radius 3 is 2.95 bits per heavy atom. The standard InChI is InChI=1S/C15H14N2O2/c1-19-14-7-10-4-6-17-15(12(10)8-13(14)18)11-3-2-5-16-9-11/h2-3,5,7-9,18H,4,6H2,1H3. The van der Waals surface area contributed by atoms with Crippen LogP contribution in [0.2, 0.25) is 0 Å². The van der Waals surface area contributed by atoms with Crippen molar-refractivity contribution in [2.45, 2.75) is 6.42 Å². The normalized spacial score (nSPS) is 13.6. The summed E-state index contributed by atoms with van der Waals surface area (Å²) in [5, 5.41) is 9.94. The maximum absolute atomic E-state index is 9.94. The van der Waals surface area contributed by atoms with Crippen molar-refractivity contribution in [1.29, 1.82) is 0 Å². The number of aromatic nitrogens is 1. The van der Waals surface area contributed by atoms with Crippen molar-refractivity contribution in [2.24, 2.45) is 4.99 Å². The molecule has 0 saturated carbocycles. The van der Waals surface area contributed by atoms with Gasteiger partial charge in [-0.15, -0.1) is 0 Å². The molecular weight excluding hydrogens is 240 g/mol. The maximum Gasteiger partial charge on any atom is 0.160 e. The lowest BCUT2D eigenvalue weighted by Gasteiger charge is -2.18. The minimum atomic E-state index is 0.139. The smallest absolute Gasteiger partial charge is 0.160 e. The van der Waals surface area contributed by atoms with Crippen molar-refractivity contribution < 1.29 is 9.84 Å². The topological polar surface area (TPSA) is 54.7 Å². The molecule has 3 rings (SSSR count). The van der Waals surface area contributed by atoms with Crippen LogP contribution in [0.4, 0.5) is 0 Å². The van der Waals surface area contributed by atoms with Crippen LogP contribution in [0.1, 0.15) is 16.7 Å². The van der Waals surface area contributed by atoms with E-state index in [-0.39, 0.29) is 5.75 Å². The van der Waals surface area contributed by atoms with Gasteiger partial charge in [0.15, 0.2) is 11.5 Å². The quantitative estimate of drug-likeness (QED) is 0.893. The van der Waals surface area contributed by atoms with Crippen molar-refractivity contribution >= 4 is 5.71 Å². The minimum Gasteiger partial charge on any atom is -0.504 e. The molecule has 19 heavy (non-hydrogen) atoms. The van der Waals surface area contributed by atoms with Crippen molar-refractivity contribution in [1.82, 2.24) is 4.98 Å². The molecule has 2 heterocycles. The Morgan fingerprint density at radius 2 is 2.21 bits per heavy atom. The molecule has 1 aromatic heterocycles. The summed E-state index contributed by atoms with van der Waals surface area (Å²) in [6.07, 6.45) is 4.38. The Hall–Kier alpha value is -2.36. The van der Waals surface area contributed by atoms with Gasteiger partial charge in [-0.1, -0.05) is 0 Å². The van der Waals surface area contributed by atoms with E-state index in [1.54, 1.807) is 25.6 Å².